The van der Waals surface area contributed by atoms with E-state index in [0.717, 1.165) is 23.2 Å². The van der Waals surface area contributed by atoms with E-state index in [1.807, 2.05) is 35.0 Å². The Hall–Kier alpha value is -2.01. The number of rotatable bonds is 5. The topological polar surface area (TPSA) is 46.5 Å². The molecule has 2 aliphatic rings. The van der Waals surface area contributed by atoms with Crippen LogP contribution in [0.2, 0.25) is 0 Å². The van der Waals surface area contributed by atoms with Gasteiger partial charge in [-0.25, -0.2) is 0 Å². The standard InChI is InChI=1S/C21H29N3O2/c1-26-20-9-4-8-19-17(20)10-13-24(19)15-21(25)22-14-16-6-5-12-23-11-3-2-7-18(16)23/h4,8-10,13,16,18H,2-3,5-7,11-12,14-15H2,1H3,(H,22,25)/t16-,18-/m1/s1. The molecule has 4 rings (SSSR count). The zero-order chi connectivity index (χ0) is 17.9. The molecule has 0 aliphatic carbocycles. The summed E-state index contributed by atoms with van der Waals surface area (Å²) in [5, 5.41) is 4.25. The number of benzene rings is 1. The Bertz CT molecular complexity index is 768. The maximum atomic E-state index is 12.5. The van der Waals surface area contributed by atoms with Crippen molar-refractivity contribution in [3.8, 4) is 5.75 Å². The molecule has 0 saturated carbocycles. The SMILES string of the molecule is COc1cccc2c1ccn2CC(=O)NC[C@H]1CCCN2CCCC[C@H]12. The molecule has 0 radical (unpaired) electrons. The third kappa shape index (κ3) is 3.45. The first-order chi connectivity index (χ1) is 12.8. The molecule has 0 bridgehead atoms. The molecule has 0 unspecified atom stereocenters. The highest BCUT2D eigenvalue weighted by molar-refractivity contribution is 5.88. The molecule has 2 fully saturated rings. The summed E-state index contributed by atoms with van der Waals surface area (Å²) < 4.78 is 7.41. The smallest absolute Gasteiger partial charge is 0.239 e. The second-order valence-corrected chi connectivity index (χ2v) is 7.64. The van der Waals surface area contributed by atoms with Crippen LogP contribution in [0.1, 0.15) is 32.1 Å². The number of aromatic nitrogens is 1. The van der Waals surface area contributed by atoms with E-state index in [0.29, 0.717) is 18.5 Å². The number of hydrogen-bond acceptors (Lipinski definition) is 3. The van der Waals surface area contributed by atoms with Gasteiger partial charge >= 0.3 is 0 Å². The lowest BCUT2D eigenvalue weighted by atomic mass is 9.83. The van der Waals surface area contributed by atoms with Crippen molar-refractivity contribution in [1.82, 2.24) is 14.8 Å². The van der Waals surface area contributed by atoms with E-state index < -0.39 is 0 Å². The summed E-state index contributed by atoms with van der Waals surface area (Å²) in [6, 6.07) is 8.64. The van der Waals surface area contributed by atoms with Gasteiger partial charge in [-0.1, -0.05) is 12.5 Å². The van der Waals surface area contributed by atoms with Crippen molar-refractivity contribution in [3.05, 3.63) is 30.5 Å². The fraction of sp³-hybridized carbons (Fsp3) is 0.571. The molecule has 2 atom stereocenters. The van der Waals surface area contributed by atoms with Crippen LogP contribution in [0.25, 0.3) is 10.9 Å². The van der Waals surface area contributed by atoms with Gasteiger partial charge in [0.25, 0.3) is 0 Å². The molecule has 1 N–H and O–H groups in total. The fourth-order valence-electron chi connectivity index (χ4n) is 4.78. The van der Waals surface area contributed by atoms with Crippen LogP contribution in [0.15, 0.2) is 30.5 Å². The van der Waals surface area contributed by atoms with Gasteiger partial charge < -0.3 is 19.5 Å². The van der Waals surface area contributed by atoms with Gasteiger partial charge in [-0.15, -0.1) is 0 Å². The first-order valence-corrected chi connectivity index (χ1v) is 9.89. The van der Waals surface area contributed by atoms with Gasteiger partial charge in [0.1, 0.15) is 12.3 Å². The molecule has 26 heavy (non-hydrogen) atoms. The highest BCUT2D eigenvalue weighted by Gasteiger charge is 2.32. The van der Waals surface area contributed by atoms with Crippen molar-refractivity contribution in [2.75, 3.05) is 26.7 Å². The molecule has 1 aromatic carbocycles. The average Bonchev–Trinajstić information content (AvgIpc) is 3.09. The van der Waals surface area contributed by atoms with Gasteiger partial charge in [0, 0.05) is 24.2 Å². The average molecular weight is 355 g/mol. The van der Waals surface area contributed by atoms with Crippen LogP contribution in [-0.2, 0) is 11.3 Å². The van der Waals surface area contributed by atoms with E-state index in [9.17, 15) is 4.79 Å². The second-order valence-electron chi connectivity index (χ2n) is 7.64. The molecule has 2 aromatic rings. The number of fused-ring (bicyclic) bond motifs is 2. The van der Waals surface area contributed by atoms with Crippen molar-refractivity contribution < 1.29 is 9.53 Å². The number of amides is 1. The Balaban J connectivity index is 1.37. The van der Waals surface area contributed by atoms with Crippen LogP contribution in [0.3, 0.4) is 0 Å². The Kier molecular flexibility index (Phi) is 5.16. The summed E-state index contributed by atoms with van der Waals surface area (Å²) in [7, 11) is 1.68. The lowest BCUT2D eigenvalue weighted by Crippen LogP contribution is -2.51. The zero-order valence-electron chi connectivity index (χ0n) is 15.6. The summed E-state index contributed by atoms with van der Waals surface area (Å²) in [5.74, 6) is 1.55. The molecule has 1 amide bonds. The number of ether oxygens (including phenoxy) is 1. The zero-order valence-corrected chi connectivity index (χ0v) is 15.6. The minimum atomic E-state index is 0.0956. The van der Waals surface area contributed by atoms with Crippen molar-refractivity contribution in [2.24, 2.45) is 5.92 Å². The maximum Gasteiger partial charge on any atom is 0.239 e. The van der Waals surface area contributed by atoms with E-state index >= 15 is 0 Å². The Morgan fingerprint density at radius 1 is 1.19 bits per heavy atom. The molecule has 3 heterocycles. The Morgan fingerprint density at radius 3 is 2.96 bits per heavy atom. The molecule has 0 spiro atoms. The molecular formula is C21H29N3O2. The van der Waals surface area contributed by atoms with Gasteiger partial charge in [0.05, 0.1) is 12.6 Å². The van der Waals surface area contributed by atoms with E-state index in [1.54, 1.807) is 7.11 Å². The predicted molar refractivity (Wildman–Crippen MR) is 103 cm³/mol. The lowest BCUT2D eigenvalue weighted by Gasteiger charge is -2.44. The molecule has 5 nitrogen and oxygen atoms in total. The maximum absolute atomic E-state index is 12.5. The van der Waals surface area contributed by atoms with Crippen molar-refractivity contribution in [1.29, 1.82) is 0 Å². The number of carbonyl (C=O) groups excluding carboxylic acids is 1. The first-order valence-electron chi connectivity index (χ1n) is 9.89. The van der Waals surface area contributed by atoms with Gasteiger partial charge in [0.2, 0.25) is 5.91 Å². The summed E-state index contributed by atoms with van der Waals surface area (Å²) in [5.41, 5.74) is 1.04. The highest BCUT2D eigenvalue weighted by atomic mass is 16.5. The molecule has 5 heteroatoms. The normalized spacial score (nSPS) is 23.6. The molecular weight excluding hydrogens is 326 g/mol. The Labute approximate surface area is 155 Å². The van der Waals surface area contributed by atoms with Gasteiger partial charge in [0.15, 0.2) is 0 Å². The molecule has 2 aliphatic heterocycles. The van der Waals surface area contributed by atoms with Crippen molar-refractivity contribution >= 4 is 16.8 Å². The van der Waals surface area contributed by atoms with Crippen molar-refractivity contribution in [3.63, 3.8) is 0 Å². The van der Waals surface area contributed by atoms with Gasteiger partial charge in [-0.2, -0.15) is 0 Å². The number of hydrogen-bond donors (Lipinski definition) is 1. The predicted octanol–water partition coefficient (Wildman–Crippen LogP) is 3.03. The molecule has 1 aromatic heterocycles. The van der Waals surface area contributed by atoms with Gasteiger partial charge in [-0.3, -0.25) is 4.79 Å². The van der Waals surface area contributed by atoms with E-state index in [1.165, 1.54) is 45.2 Å². The highest BCUT2D eigenvalue weighted by Crippen LogP contribution is 2.30. The van der Waals surface area contributed by atoms with Crippen LogP contribution in [0.5, 0.6) is 5.75 Å². The number of methoxy groups -OCH3 is 1. The quantitative estimate of drug-likeness (QED) is 0.897. The summed E-state index contributed by atoms with van der Waals surface area (Å²) >= 11 is 0. The monoisotopic (exact) mass is 355 g/mol. The molecule has 2 saturated heterocycles. The van der Waals surface area contributed by atoms with E-state index in [4.69, 9.17) is 4.74 Å². The van der Waals surface area contributed by atoms with Crippen molar-refractivity contribution in [2.45, 2.75) is 44.7 Å². The number of nitrogens with zero attached hydrogens (tertiary/aromatic N) is 2. The van der Waals surface area contributed by atoms with E-state index in [-0.39, 0.29) is 5.91 Å². The minimum absolute atomic E-state index is 0.0956. The van der Waals surface area contributed by atoms with Crippen LogP contribution >= 0.6 is 0 Å². The number of carbonyl (C=O) groups is 1. The van der Waals surface area contributed by atoms with Crippen LogP contribution in [0.4, 0.5) is 0 Å². The number of piperidine rings is 2. The summed E-state index contributed by atoms with van der Waals surface area (Å²) in [6.45, 7) is 3.65. The third-order valence-electron chi connectivity index (χ3n) is 6.10. The van der Waals surface area contributed by atoms with E-state index in [2.05, 4.69) is 10.2 Å². The third-order valence-corrected chi connectivity index (χ3v) is 6.10. The number of nitrogens with one attached hydrogen (secondary N) is 1. The summed E-state index contributed by atoms with van der Waals surface area (Å²) in [6.07, 6.45) is 8.44. The summed E-state index contributed by atoms with van der Waals surface area (Å²) in [4.78, 5) is 15.2. The second kappa shape index (κ2) is 7.70. The van der Waals surface area contributed by atoms with Crippen LogP contribution in [-0.4, -0.2) is 48.2 Å². The minimum Gasteiger partial charge on any atom is -0.496 e. The van der Waals surface area contributed by atoms with Crippen LogP contribution < -0.4 is 10.1 Å². The van der Waals surface area contributed by atoms with Crippen LogP contribution in [0, 0.1) is 5.92 Å². The first kappa shape index (κ1) is 17.4. The largest absolute Gasteiger partial charge is 0.496 e. The Morgan fingerprint density at radius 2 is 2.08 bits per heavy atom. The van der Waals surface area contributed by atoms with Gasteiger partial charge in [-0.05, 0) is 62.9 Å². The lowest BCUT2D eigenvalue weighted by molar-refractivity contribution is -0.122. The molecule has 140 valence electrons. The fourth-order valence-corrected chi connectivity index (χ4v) is 4.78.